The molecule has 90 valence electrons. The van der Waals surface area contributed by atoms with Crippen molar-refractivity contribution in [2.75, 3.05) is 0 Å². The predicted octanol–water partition coefficient (Wildman–Crippen LogP) is -2.63. The van der Waals surface area contributed by atoms with Crippen molar-refractivity contribution < 1.29 is 30.0 Å². The molecule has 1 aliphatic heterocycles. The van der Waals surface area contributed by atoms with Gasteiger partial charge in [0.1, 0.15) is 18.3 Å². The zero-order valence-electron chi connectivity index (χ0n) is 8.66. The van der Waals surface area contributed by atoms with E-state index in [-0.39, 0.29) is 12.6 Å². The maximum Gasteiger partial charge on any atom is 0.112 e. The minimum Gasteiger partial charge on any atom is -0.547 e. The molecule has 1 saturated heterocycles. The van der Waals surface area contributed by atoms with E-state index in [2.05, 4.69) is 0 Å². The van der Waals surface area contributed by atoms with Gasteiger partial charge in [-0.05, 0) is 6.92 Å². The molecule has 0 radical (unpaired) electrons. The highest BCUT2D eigenvalue weighted by Crippen LogP contribution is 2.22. The van der Waals surface area contributed by atoms with Gasteiger partial charge in [-0.3, -0.25) is 0 Å². The van der Waals surface area contributed by atoms with E-state index in [1.54, 1.807) is 0 Å². The normalized spacial score (nSPS) is 37.9. The molecule has 0 bridgehead atoms. The van der Waals surface area contributed by atoms with Crippen molar-refractivity contribution in [2.45, 2.75) is 43.9 Å². The number of carbonyl (C=O) groups is 1. The molecular weight excluding hydrogens is 206 g/mol. The average Bonchev–Trinajstić information content (AvgIpc) is 2.08. The lowest BCUT2D eigenvalue weighted by Gasteiger charge is -2.38. The summed E-state index contributed by atoms with van der Waals surface area (Å²) in [7, 11) is 0. The number of carbonyl (C=O) groups excluding carboxylic acids is 1. The van der Waals surface area contributed by atoms with Crippen molar-refractivity contribution in [3.63, 3.8) is 0 Å². The van der Waals surface area contributed by atoms with Gasteiger partial charge in [0.2, 0.25) is 0 Å². The van der Waals surface area contributed by atoms with Crippen LogP contribution in [0.4, 0.5) is 0 Å². The molecule has 7 heteroatoms. The maximum atomic E-state index is 10.5. The summed E-state index contributed by atoms with van der Waals surface area (Å²) >= 11 is 0. The van der Waals surface area contributed by atoms with Crippen LogP contribution in [0.5, 0.6) is 0 Å². The van der Waals surface area contributed by atoms with Gasteiger partial charge in [-0.1, -0.05) is 0 Å². The van der Waals surface area contributed by atoms with Crippen molar-refractivity contribution in [3.8, 4) is 0 Å². The number of carboxylic acid groups (broad SMARTS) is 1. The molecule has 1 fully saturated rings. The Morgan fingerprint density at radius 2 is 2.07 bits per heavy atom. The number of aliphatic carboxylic acids is 1. The molecule has 5 atom stereocenters. The molecular formula is C8H17NO6. The third-order valence-electron chi connectivity index (χ3n) is 2.25. The van der Waals surface area contributed by atoms with E-state index in [1.807, 2.05) is 0 Å². The average molecular weight is 223 g/mol. The molecule has 7 N–H and O–H groups in total. The van der Waals surface area contributed by atoms with E-state index in [4.69, 9.17) is 9.84 Å². The summed E-state index contributed by atoms with van der Waals surface area (Å²) in [5, 5.41) is 38.3. The van der Waals surface area contributed by atoms with Gasteiger partial charge < -0.3 is 36.1 Å². The number of hydrogen-bond acceptors (Lipinski definition) is 6. The zero-order chi connectivity index (χ0) is 10.9. The van der Waals surface area contributed by atoms with E-state index in [1.165, 1.54) is 6.92 Å². The first-order valence-electron chi connectivity index (χ1n) is 4.34. The summed E-state index contributed by atoms with van der Waals surface area (Å²) in [6.07, 6.45) is -6.15. The Balaban J connectivity index is 0.00000196. The Morgan fingerprint density at radius 1 is 1.53 bits per heavy atom. The second kappa shape index (κ2) is 5.38. The summed E-state index contributed by atoms with van der Waals surface area (Å²) in [6, 6.07) is 0. The monoisotopic (exact) mass is 223 g/mol. The van der Waals surface area contributed by atoms with E-state index in [0.717, 1.165) is 0 Å². The number of quaternary nitrogens is 1. The van der Waals surface area contributed by atoms with Gasteiger partial charge in [-0.25, -0.2) is 0 Å². The Bertz CT molecular complexity index is 221. The van der Waals surface area contributed by atoms with Crippen LogP contribution >= 0.6 is 0 Å². The smallest absolute Gasteiger partial charge is 0.112 e. The number of aliphatic hydroxyl groups excluding tert-OH is 3. The van der Waals surface area contributed by atoms with Crippen LogP contribution in [0.3, 0.4) is 0 Å². The highest BCUT2D eigenvalue weighted by atomic mass is 16.5. The van der Waals surface area contributed by atoms with Crippen LogP contribution < -0.4 is 11.3 Å². The van der Waals surface area contributed by atoms with Gasteiger partial charge in [0, 0.05) is 6.42 Å². The second-order valence-electron chi connectivity index (χ2n) is 3.44. The number of rotatable bonds is 2. The lowest BCUT2D eigenvalue weighted by atomic mass is 9.95. The summed E-state index contributed by atoms with van der Waals surface area (Å²) in [6.45, 7) is 1.35. The Labute approximate surface area is 86.9 Å². The van der Waals surface area contributed by atoms with E-state index in [9.17, 15) is 20.1 Å². The van der Waals surface area contributed by atoms with Gasteiger partial charge in [0.05, 0.1) is 18.2 Å². The molecule has 0 saturated carbocycles. The van der Waals surface area contributed by atoms with Crippen molar-refractivity contribution in [3.05, 3.63) is 0 Å². The Hall–Kier alpha value is -0.730. The standard InChI is InChI=1S/C8H14O6.H3N/c1-3(9)7-6(11)4(10)2-5(14-7)8(12)13;/h3-7,9-11H,2H2,1H3,(H,12,13);1H3/t3-,4-,5+,6-,7-;/m1./s1. The minimum atomic E-state index is -1.46. The highest BCUT2D eigenvalue weighted by Gasteiger charge is 2.39. The summed E-state index contributed by atoms with van der Waals surface area (Å²) in [4.78, 5) is 10.5. The predicted molar refractivity (Wildman–Crippen MR) is 48.0 cm³/mol. The van der Waals surface area contributed by atoms with Crippen molar-refractivity contribution in [2.24, 2.45) is 0 Å². The second-order valence-corrected chi connectivity index (χ2v) is 3.44. The fourth-order valence-corrected chi connectivity index (χ4v) is 1.45. The summed E-state index contributed by atoms with van der Waals surface area (Å²) in [5.74, 6) is -1.46. The largest absolute Gasteiger partial charge is 0.547 e. The van der Waals surface area contributed by atoms with Crippen LogP contribution in [0.25, 0.3) is 0 Å². The highest BCUT2D eigenvalue weighted by molar-refractivity contribution is 5.70. The minimum absolute atomic E-state index is 0. The molecule has 7 nitrogen and oxygen atoms in total. The first-order valence-corrected chi connectivity index (χ1v) is 4.34. The van der Waals surface area contributed by atoms with E-state index < -0.39 is 36.5 Å². The first-order chi connectivity index (χ1) is 6.43. The van der Waals surface area contributed by atoms with Gasteiger partial charge in [0.15, 0.2) is 0 Å². The molecule has 0 aromatic rings. The number of ether oxygens (including phenoxy) is 1. The third-order valence-corrected chi connectivity index (χ3v) is 2.25. The molecule has 0 aromatic heterocycles. The quantitative estimate of drug-likeness (QED) is 0.402. The maximum absolute atomic E-state index is 10.5. The van der Waals surface area contributed by atoms with Crippen LogP contribution in [0, 0.1) is 0 Å². The van der Waals surface area contributed by atoms with Crippen molar-refractivity contribution in [1.29, 1.82) is 0 Å². The summed E-state index contributed by atoms with van der Waals surface area (Å²) < 4.78 is 4.87. The number of aliphatic hydroxyl groups is 3. The van der Waals surface area contributed by atoms with E-state index >= 15 is 0 Å². The zero-order valence-corrected chi connectivity index (χ0v) is 8.66. The molecule has 15 heavy (non-hydrogen) atoms. The molecule has 1 aliphatic rings. The fourth-order valence-electron chi connectivity index (χ4n) is 1.45. The third kappa shape index (κ3) is 3.11. The Morgan fingerprint density at radius 3 is 2.47 bits per heavy atom. The number of hydrogen-bond donors (Lipinski definition) is 4. The van der Waals surface area contributed by atoms with Gasteiger partial charge in [0.25, 0.3) is 0 Å². The molecule has 0 aromatic carbocycles. The lowest BCUT2D eigenvalue weighted by Crippen LogP contribution is -2.56. The molecule has 1 heterocycles. The topological polar surface area (TPSA) is 147 Å². The van der Waals surface area contributed by atoms with Crippen molar-refractivity contribution in [1.82, 2.24) is 6.15 Å². The van der Waals surface area contributed by atoms with Crippen LogP contribution in [0.2, 0.25) is 0 Å². The molecule has 1 rings (SSSR count). The van der Waals surface area contributed by atoms with Gasteiger partial charge >= 0.3 is 0 Å². The van der Waals surface area contributed by atoms with Crippen molar-refractivity contribution >= 4 is 5.97 Å². The lowest BCUT2D eigenvalue weighted by molar-refractivity contribution is -0.326. The molecule has 0 amide bonds. The molecule has 0 aliphatic carbocycles. The number of carboxylic acids is 1. The van der Waals surface area contributed by atoms with Gasteiger partial charge in [-0.2, -0.15) is 0 Å². The van der Waals surface area contributed by atoms with Gasteiger partial charge in [-0.15, -0.1) is 0 Å². The van der Waals surface area contributed by atoms with Crippen LogP contribution in [0.15, 0.2) is 0 Å². The first kappa shape index (κ1) is 14.3. The summed E-state index contributed by atoms with van der Waals surface area (Å²) in [5.41, 5.74) is 0. The molecule has 0 unspecified atom stereocenters. The van der Waals surface area contributed by atoms with E-state index in [0.29, 0.717) is 0 Å². The van der Waals surface area contributed by atoms with Crippen LogP contribution in [0.1, 0.15) is 13.3 Å². The molecule has 0 spiro atoms. The fraction of sp³-hybridized carbons (Fsp3) is 0.875. The van der Waals surface area contributed by atoms with Crippen LogP contribution in [-0.4, -0.2) is 51.8 Å². The SMILES string of the molecule is C[C@@H](O)[C@H]1O[C@H](C(=O)[O-])C[C@@H](O)[C@H]1O.[NH4+]. The Kier molecular flexibility index (Phi) is 5.12. The van der Waals surface area contributed by atoms with Crippen LogP contribution in [-0.2, 0) is 9.53 Å².